The van der Waals surface area contributed by atoms with Crippen LogP contribution in [0.15, 0.2) is 67.0 Å². The third-order valence-electron chi connectivity index (χ3n) is 12.8. The molecule has 2 saturated carbocycles. The Morgan fingerprint density at radius 1 is 0.949 bits per heavy atom. The molecule has 15 heteroatoms. The molecule has 14 nitrogen and oxygen atoms in total. The van der Waals surface area contributed by atoms with Crippen molar-refractivity contribution in [3.8, 4) is 17.0 Å². The minimum Gasteiger partial charge on any atom is -0.493 e. The number of benzene rings is 2. The third-order valence-corrected chi connectivity index (χ3v) is 13.1. The van der Waals surface area contributed by atoms with Crippen LogP contribution in [0.3, 0.4) is 0 Å². The van der Waals surface area contributed by atoms with Crippen molar-refractivity contribution in [2.24, 2.45) is 11.3 Å². The van der Waals surface area contributed by atoms with Gasteiger partial charge in [0, 0.05) is 68.7 Å². The lowest BCUT2D eigenvalue weighted by Gasteiger charge is -2.52. The van der Waals surface area contributed by atoms with Gasteiger partial charge in [0.2, 0.25) is 5.91 Å². The van der Waals surface area contributed by atoms with Gasteiger partial charge in [-0.05, 0) is 105 Å². The number of urea groups is 1. The van der Waals surface area contributed by atoms with Gasteiger partial charge in [-0.15, -0.1) is 5.10 Å². The average molecular weight is 815 g/mol. The first-order chi connectivity index (χ1) is 28.7. The first-order valence-corrected chi connectivity index (χ1v) is 21.1. The molecule has 2 saturated heterocycles. The van der Waals surface area contributed by atoms with Crippen molar-refractivity contribution in [3.05, 3.63) is 88.8 Å². The molecule has 5 aliphatic rings. The zero-order valence-corrected chi connectivity index (χ0v) is 33.8. The van der Waals surface area contributed by atoms with Crippen molar-refractivity contribution < 1.29 is 19.1 Å². The zero-order valence-electron chi connectivity index (χ0n) is 33.0. The number of hydrogen-bond donors (Lipinski definition) is 3. The quantitative estimate of drug-likeness (QED) is 0.133. The maximum atomic E-state index is 13.0. The van der Waals surface area contributed by atoms with Crippen LogP contribution in [-0.2, 0) is 17.8 Å². The third kappa shape index (κ3) is 7.33. The number of ether oxygens (including phenoxy) is 1. The number of anilines is 4. The molecule has 0 unspecified atom stereocenters. The maximum absolute atomic E-state index is 13.0. The van der Waals surface area contributed by atoms with Gasteiger partial charge in [-0.25, -0.2) is 14.3 Å². The SMILES string of the molecule is CNc1cc(N2CCc3c(-c4ccc(CN5CCC6(CC5)CC(COc5ccc(Cl)c(N7CCC(=O)NC7=O)c5)C6)cn4)cccc32)nn2c(C(=O)NC3CC3)cnc12. The highest BCUT2D eigenvalue weighted by molar-refractivity contribution is 6.34. The topological polar surface area (TPSA) is 149 Å². The molecule has 6 heterocycles. The Hall–Kier alpha value is -5.73. The van der Waals surface area contributed by atoms with Crippen molar-refractivity contribution in [2.75, 3.05) is 55.0 Å². The maximum Gasteiger partial charge on any atom is 0.328 e. The van der Waals surface area contributed by atoms with E-state index in [9.17, 15) is 14.4 Å². The van der Waals surface area contributed by atoms with E-state index in [4.69, 9.17) is 26.4 Å². The number of fused-ring (bicyclic) bond motifs is 2. The molecule has 3 aromatic heterocycles. The summed E-state index contributed by atoms with van der Waals surface area (Å²) >= 11 is 6.42. The van der Waals surface area contributed by atoms with Gasteiger partial charge in [-0.3, -0.25) is 29.7 Å². The standard InChI is InChI=1S/C44H47ClN10O4/c1-46-35-20-39(51-55-38(24-48-41(35)55)42(57)49-29-6-7-29)53-15-11-32-31(3-2-4-36(32)53)34-10-5-27(23-47-34)25-52-17-13-44(14-18-52)21-28(22-44)26-59-30-8-9-33(45)37(19-30)54-16-12-40(56)50-43(54)58/h2-5,8-10,19-20,23-24,28-29,46H,6-7,11-18,21-22,25-26H2,1H3,(H,49,57)(H,50,56,58). The number of hydrogen-bond acceptors (Lipinski definition) is 10. The molecular formula is C44H47ClN10O4. The molecule has 3 aliphatic heterocycles. The van der Waals surface area contributed by atoms with Gasteiger partial charge >= 0.3 is 6.03 Å². The highest BCUT2D eigenvalue weighted by atomic mass is 35.5. The van der Waals surface area contributed by atoms with Crippen LogP contribution in [0.5, 0.6) is 5.75 Å². The van der Waals surface area contributed by atoms with Gasteiger partial charge in [-0.1, -0.05) is 29.8 Å². The molecule has 304 valence electrons. The van der Waals surface area contributed by atoms with Crippen molar-refractivity contribution in [1.29, 1.82) is 0 Å². The molecule has 4 fully saturated rings. The Labute approximate surface area is 347 Å². The highest BCUT2D eigenvalue weighted by Crippen LogP contribution is 2.53. The van der Waals surface area contributed by atoms with Crippen LogP contribution in [-0.4, -0.2) is 88.2 Å². The van der Waals surface area contributed by atoms with Crippen molar-refractivity contribution in [2.45, 2.75) is 64.0 Å². The lowest BCUT2D eigenvalue weighted by Crippen LogP contribution is -2.49. The predicted octanol–water partition coefficient (Wildman–Crippen LogP) is 6.59. The van der Waals surface area contributed by atoms with Gasteiger partial charge in [0.15, 0.2) is 17.2 Å². The summed E-state index contributed by atoms with van der Waals surface area (Å²) in [5, 5.41) is 14.1. The number of nitrogens with one attached hydrogen (secondary N) is 3. The van der Waals surface area contributed by atoms with E-state index >= 15 is 0 Å². The monoisotopic (exact) mass is 814 g/mol. The summed E-state index contributed by atoms with van der Waals surface area (Å²) in [6.45, 7) is 4.71. The van der Waals surface area contributed by atoms with Crippen LogP contribution in [0, 0.1) is 11.3 Å². The van der Waals surface area contributed by atoms with Crippen LogP contribution in [0.1, 0.15) is 66.6 Å². The number of rotatable bonds is 11. The molecule has 5 aromatic rings. The van der Waals surface area contributed by atoms with E-state index in [0.717, 1.165) is 86.7 Å². The molecular weight excluding hydrogens is 768 g/mol. The number of nitrogens with zero attached hydrogens (tertiary/aromatic N) is 7. The van der Waals surface area contributed by atoms with Crippen LogP contribution < -0.4 is 30.5 Å². The predicted molar refractivity (Wildman–Crippen MR) is 226 cm³/mol. The Morgan fingerprint density at radius 3 is 2.54 bits per heavy atom. The normalized spacial score (nSPS) is 19.2. The van der Waals surface area contributed by atoms with Gasteiger partial charge in [0.05, 0.1) is 34.9 Å². The minimum absolute atomic E-state index is 0.149. The van der Waals surface area contributed by atoms with Crippen molar-refractivity contribution >= 4 is 58.0 Å². The fourth-order valence-corrected chi connectivity index (χ4v) is 9.65. The minimum atomic E-state index is -0.459. The summed E-state index contributed by atoms with van der Waals surface area (Å²) in [5.41, 5.74) is 8.46. The van der Waals surface area contributed by atoms with Crippen LogP contribution in [0.2, 0.25) is 5.02 Å². The second-order valence-corrected chi connectivity index (χ2v) is 17.2. The molecule has 4 amide bonds. The van der Waals surface area contributed by atoms with Crippen LogP contribution in [0.4, 0.5) is 27.7 Å². The number of piperidine rings is 1. The fourth-order valence-electron chi connectivity index (χ4n) is 9.43. The second-order valence-electron chi connectivity index (χ2n) is 16.8. The van der Waals surface area contributed by atoms with E-state index in [0.29, 0.717) is 52.3 Å². The van der Waals surface area contributed by atoms with Gasteiger partial charge in [-0.2, -0.15) is 0 Å². The number of likely N-dealkylation sites (tertiary alicyclic amines) is 1. The number of pyridine rings is 1. The molecule has 0 bridgehead atoms. The van der Waals surface area contributed by atoms with E-state index in [1.165, 1.54) is 28.9 Å². The molecule has 10 rings (SSSR count). The smallest absolute Gasteiger partial charge is 0.328 e. The number of carbonyl (C=O) groups is 3. The summed E-state index contributed by atoms with van der Waals surface area (Å²) in [6, 6.07) is 17.9. The van der Waals surface area contributed by atoms with E-state index in [-0.39, 0.29) is 24.3 Å². The van der Waals surface area contributed by atoms with Crippen molar-refractivity contribution in [3.63, 3.8) is 0 Å². The fraction of sp³-hybridized carbons (Fsp3) is 0.409. The molecule has 0 atom stereocenters. The number of carbonyl (C=O) groups excluding carboxylic acids is 3. The number of amides is 4. The van der Waals surface area contributed by atoms with Crippen LogP contribution >= 0.6 is 11.6 Å². The summed E-state index contributed by atoms with van der Waals surface area (Å²) in [6.07, 6.45) is 11.5. The molecule has 59 heavy (non-hydrogen) atoms. The molecule has 1 spiro atoms. The molecule has 3 N–H and O–H groups in total. The average Bonchev–Trinajstić information content (AvgIpc) is 3.76. The van der Waals surface area contributed by atoms with Crippen molar-refractivity contribution in [1.82, 2.24) is 35.1 Å². The van der Waals surface area contributed by atoms with E-state index in [1.807, 2.05) is 25.4 Å². The van der Waals surface area contributed by atoms with Gasteiger partial charge in [0.1, 0.15) is 5.75 Å². The Balaban J connectivity index is 0.741. The summed E-state index contributed by atoms with van der Waals surface area (Å²) in [4.78, 5) is 52.8. The van der Waals surface area contributed by atoms with Gasteiger partial charge < -0.3 is 20.3 Å². The Morgan fingerprint density at radius 2 is 1.78 bits per heavy atom. The Kier molecular flexibility index (Phi) is 9.63. The number of imidazole rings is 1. The molecule has 2 aliphatic carbocycles. The summed E-state index contributed by atoms with van der Waals surface area (Å²) < 4.78 is 7.86. The zero-order chi connectivity index (χ0) is 40.3. The Bertz CT molecular complexity index is 2450. The number of aromatic nitrogens is 4. The van der Waals surface area contributed by atoms with Crippen LogP contribution in [0.25, 0.3) is 16.9 Å². The number of halogens is 1. The van der Waals surface area contributed by atoms with E-state index in [1.54, 1.807) is 22.8 Å². The largest absolute Gasteiger partial charge is 0.493 e. The molecule has 2 aromatic carbocycles. The number of imide groups is 1. The summed E-state index contributed by atoms with van der Waals surface area (Å²) in [5.74, 6) is 1.51. The van der Waals surface area contributed by atoms with E-state index < -0.39 is 6.03 Å². The summed E-state index contributed by atoms with van der Waals surface area (Å²) in [7, 11) is 1.86. The van der Waals surface area contributed by atoms with Gasteiger partial charge in [0.25, 0.3) is 5.91 Å². The van der Waals surface area contributed by atoms with E-state index in [2.05, 4.69) is 61.1 Å². The second kappa shape index (κ2) is 15.1. The first-order valence-electron chi connectivity index (χ1n) is 20.7. The highest BCUT2D eigenvalue weighted by Gasteiger charge is 2.46. The lowest BCUT2D eigenvalue weighted by molar-refractivity contribution is -0.120. The lowest BCUT2D eigenvalue weighted by atomic mass is 9.58. The molecule has 0 radical (unpaired) electrons. The first kappa shape index (κ1) is 37.5.